The third-order valence-electron chi connectivity index (χ3n) is 4.10. The maximum atomic E-state index is 12.8. The normalized spacial score (nSPS) is 17.5. The molecule has 1 aromatic carbocycles. The predicted octanol–water partition coefficient (Wildman–Crippen LogP) is 3.35. The molecule has 2 heterocycles. The Labute approximate surface area is 139 Å². The van der Waals surface area contributed by atoms with Crippen LogP contribution in [0.4, 0.5) is 0 Å². The Hall–Kier alpha value is -3.08. The number of furan rings is 1. The molecule has 24 heavy (non-hydrogen) atoms. The standard InChI is InChI=1S/C19H17NO4/c1-3-10-20-16(13-8-5-4-7-12(13)2)15(18(22)19(20)23)17(21)14-9-6-11-24-14/h3-9,11,16,22H,1,10H2,2H3. The molecule has 0 saturated carbocycles. The van der Waals surface area contributed by atoms with Crippen molar-refractivity contribution in [2.24, 2.45) is 0 Å². The number of hydrogen-bond acceptors (Lipinski definition) is 4. The van der Waals surface area contributed by atoms with Crippen molar-refractivity contribution in [2.75, 3.05) is 6.54 Å². The van der Waals surface area contributed by atoms with E-state index in [0.717, 1.165) is 11.1 Å². The lowest BCUT2D eigenvalue weighted by Crippen LogP contribution is -2.31. The Morgan fingerprint density at radius 2 is 2.08 bits per heavy atom. The summed E-state index contributed by atoms with van der Waals surface area (Å²) >= 11 is 0. The van der Waals surface area contributed by atoms with Crippen molar-refractivity contribution < 1.29 is 19.1 Å². The van der Waals surface area contributed by atoms with E-state index >= 15 is 0 Å². The Kier molecular flexibility index (Phi) is 4.08. The topological polar surface area (TPSA) is 70.8 Å². The van der Waals surface area contributed by atoms with Gasteiger partial charge in [-0.2, -0.15) is 0 Å². The molecule has 1 aliphatic rings. The Bertz CT molecular complexity index is 833. The van der Waals surface area contributed by atoms with Gasteiger partial charge in [0.05, 0.1) is 17.9 Å². The zero-order valence-electron chi connectivity index (χ0n) is 13.2. The molecule has 5 nitrogen and oxygen atoms in total. The number of ketones is 1. The van der Waals surface area contributed by atoms with Gasteiger partial charge in [-0.15, -0.1) is 6.58 Å². The van der Waals surface area contributed by atoms with Crippen LogP contribution in [-0.4, -0.2) is 28.2 Å². The number of Topliss-reactive ketones (excluding diaryl/α,β-unsaturated/α-hetero) is 1. The zero-order chi connectivity index (χ0) is 17.3. The lowest BCUT2D eigenvalue weighted by molar-refractivity contribution is -0.128. The number of rotatable bonds is 5. The second-order valence-electron chi connectivity index (χ2n) is 5.57. The summed E-state index contributed by atoms with van der Waals surface area (Å²) < 4.78 is 5.16. The van der Waals surface area contributed by atoms with Gasteiger partial charge in [0.1, 0.15) is 0 Å². The first-order chi connectivity index (χ1) is 11.6. The first-order valence-electron chi connectivity index (χ1n) is 7.55. The van der Waals surface area contributed by atoms with E-state index in [1.807, 2.05) is 31.2 Å². The number of carbonyl (C=O) groups is 2. The Morgan fingerprint density at radius 3 is 2.71 bits per heavy atom. The van der Waals surface area contributed by atoms with Crippen LogP contribution in [0.5, 0.6) is 0 Å². The van der Waals surface area contributed by atoms with Crippen molar-refractivity contribution in [2.45, 2.75) is 13.0 Å². The number of nitrogens with zero attached hydrogens (tertiary/aromatic N) is 1. The number of aliphatic hydroxyl groups is 1. The average molecular weight is 323 g/mol. The van der Waals surface area contributed by atoms with Crippen LogP contribution in [0, 0.1) is 6.92 Å². The van der Waals surface area contributed by atoms with Gasteiger partial charge in [0, 0.05) is 6.54 Å². The predicted molar refractivity (Wildman–Crippen MR) is 88.5 cm³/mol. The molecule has 1 aliphatic heterocycles. The molecule has 2 aromatic rings. The van der Waals surface area contributed by atoms with Gasteiger partial charge in [0.25, 0.3) is 5.91 Å². The Morgan fingerprint density at radius 1 is 1.33 bits per heavy atom. The highest BCUT2D eigenvalue weighted by atomic mass is 16.3. The van der Waals surface area contributed by atoms with Gasteiger partial charge in [0.2, 0.25) is 5.78 Å². The van der Waals surface area contributed by atoms with Crippen molar-refractivity contribution in [3.8, 4) is 0 Å². The van der Waals surface area contributed by atoms with E-state index in [1.165, 1.54) is 17.2 Å². The fourth-order valence-electron chi connectivity index (χ4n) is 2.97. The number of carbonyl (C=O) groups excluding carboxylic acids is 2. The summed E-state index contributed by atoms with van der Waals surface area (Å²) in [4.78, 5) is 26.7. The van der Waals surface area contributed by atoms with Gasteiger partial charge in [-0.1, -0.05) is 30.3 Å². The van der Waals surface area contributed by atoms with E-state index in [0.29, 0.717) is 0 Å². The third kappa shape index (κ3) is 2.44. The van der Waals surface area contributed by atoms with Crippen LogP contribution in [0.3, 0.4) is 0 Å². The molecule has 3 rings (SSSR count). The molecule has 0 spiro atoms. The minimum absolute atomic E-state index is 0.0334. The highest BCUT2D eigenvalue weighted by Gasteiger charge is 2.44. The third-order valence-corrected chi connectivity index (χ3v) is 4.10. The molecular weight excluding hydrogens is 306 g/mol. The minimum Gasteiger partial charge on any atom is -0.503 e. The number of hydrogen-bond donors (Lipinski definition) is 1. The fourth-order valence-corrected chi connectivity index (χ4v) is 2.97. The summed E-state index contributed by atoms with van der Waals surface area (Å²) in [5.74, 6) is -1.53. The molecule has 0 saturated heterocycles. The second-order valence-corrected chi connectivity index (χ2v) is 5.57. The highest BCUT2D eigenvalue weighted by Crippen LogP contribution is 2.39. The molecule has 1 unspecified atom stereocenters. The van der Waals surface area contributed by atoms with E-state index in [2.05, 4.69) is 6.58 Å². The zero-order valence-corrected chi connectivity index (χ0v) is 13.2. The number of aliphatic hydroxyl groups excluding tert-OH is 1. The largest absolute Gasteiger partial charge is 0.503 e. The molecule has 1 atom stereocenters. The molecule has 1 N–H and O–H groups in total. The molecule has 0 radical (unpaired) electrons. The summed E-state index contributed by atoms with van der Waals surface area (Å²) in [6, 6.07) is 9.89. The number of benzene rings is 1. The fraction of sp³-hybridized carbons (Fsp3) is 0.158. The molecule has 0 aliphatic carbocycles. The van der Waals surface area contributed by atoms with Gasteiger partial charge in [-0.05, 0) is 30.2 Å². The lowest BCUT2D eigenvalue weighted by Gasteiger charge is -2.26. The highest BCUT2D eigenvalue weighted by molar-refractivity contribution is 6.15. The Balaban J connectivity index is 2.16. The second kappa shape index (κ2) is 6.20. The first-order valence-corrected chi connectivity index (χ1v) is 7.55. The van der Waals surface area contributed by atoms with E-state index in [4.69, 9.17) is 4.42 Å². The lowest BCUT2D eigenvalue weighted by atomic mass is 9.92. The molecule has 1 amide bonds. The van der Waals surface area contributed by atoms with Crippen LogP contribution in [0.2, 0.25) is 0 Å². The van der Waals surface area contributed by atoms with Crippen molar-refractivity contribution in [1.82, 2.24) is 4.90 Å². The van der Waals surface area contributed by atoms with Crippen LogP contribution < -0.4 is 0 Å². The number of aryl methyl sites for hydroxylation is 1. The van der Waals surface area contributed by atoms with Crippen molar-refractivity contribution >= 4 is 11.7 Å². The van der Waals surface area contributed by atoms with Crippen molar-refractivity contribution in [1.29, 1.82) is 0 Å². The van der Waals surface area contributed by atoms with Gasteiger partial charge >= 0.3 is 0 Å². The van der Waals surface area contributed by atoms with Crippen molar-refractivity contribution in [3.63, 3.8) is 0 Å². The molecular formula is C19H17NO4. The van der Waals surface area contributed by atoms with Gasteiger partial charge in [-0.3, -0.25) is 9.59 Å². The van der Waals surface area contributed by atoms with Crippen molar-refractivity contribution in [3.05, 3.63) is 83.5 Å². The molecule has 122 valence electrons. The maximum Gasteiger partial charge on any atom is 0.290 e. The van der Waals surface area contributed by atoms with E-state index in [-0.39, 0.29) is 17.9 Å². The summed E-state index contributed by atoms with van der Waals surface area (Å²) in [5.41, 5.74) is 1.74. The van der Waals surface area contributed by atoms with E-state index in [1.54, 1.807) is 12.1 Å². The molecule has 0 bridgehead atoms. The van der Waals surface area contributed by atoms with Gasteiger partial charge in [0.15, 0.2) is 11.5 Å². The molecule has 1 aromatic heterocycles. The summed E-state index contributed by atoms with van der Waals surface area (Å²) in [6.45, 7) is 5.77. The van der Waals surface area contributed by atoms with Crippen LogP contribution in [0.15, 0.2) is 71.1 Å². The van der Waals surface area contributed by atoms with Crippen LogP contribution in [-0.2, 0) is 4.79 Å². The van der Waals surface area contributed by atoms with Crippen LogP contribution in [0.1, 0.15) is 27.7 Å². The number of amides is 1. The maximum absolute atomic E-state index is 12.8. The quantitative estimate of drug-likeness (QED) is 0.676. The van der Waals surface area contributed by atoms with E-state index in [9.17, 15) is 14.7 Å². The van der Waals surface area contributed by atoms with E-state index < -0.39 is 23.5 Å². The minimum atomic E-state index is -0.672. The molecule has 5 heteroatoms. The first kappa shape index (κ1) is 15.8. The smallest absolute Gasteiger partial charge is 0.290 e. The summed E-state index contributed by atoms with van der Waals surface area (Å²) in [5, 5.41) is 10.3. The monoisotopic (exact) mass is 323 g/mol. The van der Waals surface area contributed by atoms with Crippen LogP contribution in [0.25, 0.3) is 0 Å². The molecule has 0 fully saturated rings. The van der Waals surface area contributed by atoms with Gasteiger partial charge in [-0.25, -0.2) is 0 Å². The summed E-state index contributed by atoms with van der Waals surface area (Å²) in [7, 11) is 0. The van der Waals surface area contributed by atoms with Crippen LogP contribution >= 0.6 is 0 Å². The average Bonchev–Trinajstić information content (AvgIpc) is 3.18. The van der Waals surface area contributed by atoms with Gasteiger partial charge < -0.3 is 14.4 Å². The summed E-state index contributed by atoms with van der Waals surface area (Å²) in [6.07, 6.45) is 2.95. The SMILES string of the molecule is C=CCN1C(=O)C(O)=C(C(=O)c2ccco2)C1c1ccccc1C.